The second kappa shape index (κ2) is 18.7. The molecular weight excluding hydrogens is 479 g/mol. The molecule has 4 nitrogen and oxygen atoms in total. The van der Waals surface area contributed by atoms with Gasteiger partial charge in [0.25, 0.3) is 0 Å². The average Bonchev–Trinajstić information content (AvgIpc) is 2.89. The third-order valence-corrected chi connectivity index (χ3v) is 5.33. The Kier molecular flexibility index (Phi) is 15.6. The Hall–Kier alpha value is -1.69. The zero-order chi connectivity index (χ0) is 23.4. The summed E-state index contributed by atoms with van der Waals surface area (Å²) in [6, 6.07) is 31.8. The quantitative estimate of drug-likeness (QED) is 0.208. The van der Waals surface area contributed by atoms with Crippen LogP contribution in [0.15, 0.2) is 91.0 Å². The topological polar surface area (TPSA) is 39.3 Å². The Morgan fingerprint density at radius 3 is 1.03 bits per heavy atom. The maximum atomic E-state index is 4.20. The molecule has 0 aliphatic rings. The summed E-state index contributed by atoms with van der Waals surface area (Å²) < 4.78 is 0. The molecule has 0 aliphatic heterocycles. The number of benzene rings is 3. The molecule has 0 heterocycles. The minimum absolute atomic E-state index is 0.924. The van der Waals surface area contributed by atoms with Crippen LogP contribution in [0.25, 0.3) is 0 Å². The van der Waals surface area contributed by atoms with Crippen LogP contribution in [0, 0.1) is 0 Å². The molecule has 3 aromatic carbocycles. The standard InChI is InChI=1S/C27H36N4.ClH.Cu/c1-4-10-25(11-5-1)22-28-16-19-31(20-17-29-23-26-12-6-2-7-13-26)21-18-30-24-27-14-8-3-9-15-27;;/h1-15,28-30H,16-24H2;1H;/q;;+2/p-1. The Bertz CT molecular complexity index is 708. The summed E-state index contributed by atoms with van der Waals surface area (Å²) in [6.07, 6.45) is 0. The zero-order valence-electron chi connectivity index (χ0n) is 19.2. The van der Waals surface area contributed by atoms with Crippen molar-refractivity contribution in [3.8, 4) is 0 Å². The van der Waals surface area contributed by atoms with Crippen molar-refractivity contribution in [1.82, 2.24) is 20.9 Å². The Morgan fingerprint density at radius 2 is 0.758 bits per heavy atom. The maximum absolute atomic E-state index is 4.20. The van der Waals surface area contributed by atoms with Gasteiger partial charge in [-0.2, -0.15) is 0 Å². The molecule has 6 heteroatoms. The number of hydrogen-bond acceptors (Lipinski definition) is 4. The number of hydrogen-bond donors (Lipinski definition) is 3. The van der Waals surface area contributed by atoms with Gasteiger partial charge in [-0.3, -0.25) is 4.90 Å². The van der Waals surface area contributed by atoms with Crippen molar-refractivity contribution in [3.63, 3.8) is 0 Å². The minimum atomic E-state index is 0.924. The van der Waals surface area contributed by atoms with Gasteiger partial charge in [0.05, 0.1) is 0 Å². The number of halogens is 1. The molecule has 3 N–H and O–H groups in total. The summed E-state index contributed by atoms with van der Waals surface area (Å²) in [5.41, 5.74) is 4.01. The van der Waals surface area contributed by atoms with E-state index in [1.165, 1.54) is 16.7 Å². The first kappa shape index (κ1) is 27.6. The van der Waals surface area contributed by atoms with E-state index in [2.05, 4.69) is 137 Å². The molecule has 0 radical (unpaired) electrons. The van der Waals surface area contributed by atoms with E-state index in [0.717, 1.165) is 58.9 Å². The fraction of sp³-hybridized carbons (Fsp3) is 0.333. The van der Waals surface area contributed by atoms with Gasteiger partial charge in [0.1, 0.15) is 0 Å². The molecule has 0 saturated heterocycles. The molecule has 3 rings (SSSR count). The number of rotatable bonds is 15. The van der Waals surface area contributed by atoms with Gasteiger partial charge < -0.3 is 16.0 Å². The molecule has 181 valence electrons. The summed E-state index contributed by atoms with van der Waals surface area (Å²) >= 11 is 3.66. The van der Waals surface area contributed by atoms with Crippen molar-refractivity contribution in [3.05, 3.63) is 108 Å². The van der Waals surface area contributed by atoms with Crippen molar-refractivity contribution >= 4 is 10.1 Å². The van der Waals surface area contributed by atoms with E-state index in [9.17, 15) is 0 Å². The summed E-state index contributed by atoms with van der Waals surface area (Å²) in [5, 5.41) is 10.7. The predicted molar refractivity (Wildman–Crippen MR) is 137 cm³/mol. The molecule has 0 unspecified atom stereocenters. The van der Waals surface area contributed by atoms with E-state index in [-0.39, 0.29) is 0 Å². The molecule has 0 saturated carbocycles. The molecule has 0 aliphatic carbocycles. The summed E-state index contributed by atoms with van der Waals surface area (Å²) in [4.78, 5) is 2.54. The third kappa shape index (κ3) is 13.0. The molecule has 33 heavy (non-hydrogen) atoms. The normalized spacial score (nSPS) is 10.7. The maximum Gasteiger partial charge on any atom is 0.0206 e. The van der Waals surface area contributed by atoms with E-state index in [1.54, 1.807) is 0 Å². The molecule has 0 fully saturated rings. The van der Waals surface area contributed by atoms with Crippen LogP contribution >= 0.6 is 10.1 Å². The van der Waals surface area contributed by atoms with Crippen LogP contribution in [0.3, 0.4) is 0 Å². The van der Waals surface area contributed by atoms with Crippen LogP contribution in [0.1, 0.15) is 16.7 Å². The van der Waals surface area contributed by atoms with Gasteiger partial charge >= 0.3 is 25.2 Å². The molecule has 0 amide bonds. The first-order valence-corrected chi connectivity index (χ1v) is 12.8. The molecule has 0 bridgehead atoms. The summed E-state index contributed by atoms with van der Waals surface area (Å²) in [6.45, 7) is 8.89. The monoisotopic (exact) mass is 514 g/mol. The zero-order valence-corrected chi connectivity index (χ0v) is 20.8. The molecule has 3 aromatic rings. The summed E-state index contributed by atoms with van der Waals surface area (Å²) in [5.74, 6) is 0. The SMILES string of the molecule is [Cl][Cu+].c1ccc(CNCCN(CCNCc2ccccc2)CCNCc2ccccc2)cc1. The first-order chi connectivity index (χ1) is 16.4. The van der Waals surface area contributed by atoms with E-state index in [1.807, 2.05) is 0 Å². The van der Waals surface area contributed by atoms with Crippen LogP contribution < -0.4 is 16.0 Å². The first-order valence-electron chi connectivity index (χ1n) is 11.5. The van der Waals surface area contributed by atoms with E-state index in [4.69, 9.17) is 0 Å². The van der Waals surface area contributed by atoms with Crippen molar-refractivity contribution < 1.29 is 15.1 Å². The molecule has 0 aromatic heterocycles. The van der Waals surface area contributed by atoms with E-state index in [0.29, 0.717) is 0 Å². The van der Waals surface area contributed by atoms with Crippen LogP contribution in [0.2, 0.25) is 0 Å². The smallest absolute Gasteiger partial charge is 0.0206 e. The summed E-state index contributed by atoms with van der Waals surface area (Å²) in [7, 11) is 4.20. The predicted octanol–water partition coefficient (Wildman–Crippen LogP) is 4.34. The van der Waals surface area contributed by atoms with Crippen LogP contribution in [0.5, 0.6) is 0 Å². The van der Waals surface area contributed by atoms with Crippen molar-refractivity contribution in [2.45, 2.75) is 19.6 Å². The van der Waals surface area contributed by atoms with Gasteiger partial charge in [-0.1, -0.05) is 91.0 Å². The third-order valence-electron chi connectivity index (χ3n) is 5.33. The van der Waals surface area contributed by atoms with Gasteiger partial charge in [-0.15, -0.1) is 0 Å². The fourth-order valence-corrected chi connectivity index (χ4v) is 3.53. The largest absolute Gasteiger partial charge is 0.311 e. The van der Waals surface area contributed by atoms with Gasteiger partial charge in [-0.05, 0) is 16.7 Å². The Balaban J connectivity index is 0.00000187. The molecule has 0 spiro atoms. The van der Waals surface area contributed by atoms with Crippen molar-refractivity contribution in [1.29, 1.82) is 0 Å². The number of nitrogens with one attached hydrogen (secondary N) is 3. The minimum Gasteiger partial charge on any atom is -0.311 e. The fourth-order valence-electron chi connectivity index (χ4n) is 3.53. The number of nitrogens with zero attached hydrogens (tertiary/aromatic N) is 1. The Labute approximate surface area is 212 Å². The second-order valence-electron chi connectivity index (χ2n) is 7.83. The molecular formula is C27H36ClCuN4+. The van der Waals surface area contributed by atoms with Crippen LogP contribution in [0.4, 0.5) is 0 Å². The second-order valence-corrected chi connectivity index (χ2v) is 7.83. The average molecular weight is 516 g/mol. The van der Waals surface area contributed by atoms with Crippen LogP contribution in [-0.4, -0.2) is 44.2 Å². The van der Waals surface area contributed by atoms with Gasteiger partial charge in [0, 0.05) is 58.9 Å². The van der Waals surface area contributed by atoms with E-state index >= 15 is 0 Å². The van der Waals surface area contributed by atoms with Crippen LogP contribution in [-0.2, 0) is 34.7 Å². The van der Waals surface area contributed by atoms with Gasteiger partial charge in [0.2, 0.25) is 0 Å². The van der Waals surface area contributed by atoms with E-state index < -0.39 is 0 Å². The van der Waals surface area contributed by atoms with Crippen molar-refractivity contribution in [2.24, 2.45) is 0 Å². The van der Waals surface area contributed by atoms with Gasteiger partial charge in [-0.25, -0.2) is 0 Å². The van der Waals surface area contributed by atoms with Gasteiger partial charge in [0.15, 0.2) is 0 Å². The molecule has 0 atom stereocenters. The Morgan fingerprint density at radius 1 is 0.485 bits per heavy atom. The van der Waals surface area contributed by atoms with Crippen molar-refractivity contribution in [2.75, 3.05) is 39.3 Å².